The van der Waals surface area contributed by atoms with Crippen molar-refractivity contribution in [3.8, 4) is 22.9 Å². The van der Waals surface area contributed by atoms with Crippen molar-refractivity contribution >= 4 is 11.8 Å². The van der Waals surface area contributed by atoms with Crippen molar-refractivity contribution in [2.75, 3.05) is 20.3 Å². The third-order valence-electron chi connectivity index (χ3n) is 7.58. The molecule has 10 nitrogen and oxygen atoms in total. The molecule has 1 spiro atoms. The third kappa shape index (κ3) is 4.28. The van der Waals surface area contributed by atoms with Gasteiger partial charge in [0.1, 0.15) is 17.1 Å². The molecule has 0 bridgehead atoms. The molecule has 2 fully saturated rings. The first-order valence-corrected chi connectivity index (χ1v) is 12.4. The number of piperidine rings is 1. The highest BCUT2D eigenvalue weighted by Gasteiger charge is 2.54. The van der Waals surface area contributed by atoms with Gasteiger partial charge >= 0.3 is 0 Å². The van der Waals surface area contributed by atoms with Crippen molar-refractivity contribution in [1.29, 1.82) is 0 Å². The Morgan fingerprint density at radius 2 is 2.14 bits per heavy atom. The predicted molar refractivity (Wildman–Crippen MR) is 129 cm³/mol. The van der Waals surface area contributed by atoms with Crippen LogP contribution in [0.5, 0.6) is 11.6 Å². The zero-order chi connectivity index (χ0) is 25.6. The minimum absolute atomic E-state index is 0.00665. The van der Waals surface area contributed by atoms with Crippen LogP contribution in [0.25, 0.3) is 11.3 Å². The first kappa shape index (κ1) is 23.4. The first-order chi connectivity index (χ1) is 18.0. The number of carbonyl (C=O) groups excluding carboxylic acids is 2. The molecule has 1 aliphatic carbocycles. The Hall–Kier alpha value is -4.02. The number of nitrogens with zero attached hydrogens (tertiary/aromatic N) is 4. The number of pyridine rings is 2. The summed E-state index contributed by atoms with van der Waals surface area (Å²) >= 11 is 0. The van der Waals surface area contributed by atoms with Gasteiger partial charge in [0.15, 0.2) is 5.82 Å². The smallest absolute Gasteiger partial charge is 0.272 e. The minimum Gasteiger partial charge on any atom is -0.491 e. The topological polar surface area (TPSA) is 122 Å². The largest absolute Gasteiger partial charge is 0.491 e. The molecule has 37 heavy (non-hydrogen) atoms. The molecule has 5 heterocycles. The Bertz CT molecular complexity index is 1360. The maximum Gasteiger partial charge on any atom is 0.272 e. The number of aromatic amines is 1. The van der Waals surface area contributed by atoms with E-state index >= 15 is 0 Å². The lowest BCUT2D eigenvalue weighted by atomic mass is 9.87. The number of amides is 2. The van der Waals surface area contributed by atoms with Crippen molar-refractivity contribution in [3.05, 3.63) is 53.9 Å². The average Bonchev–Trinajstić information content (AvgIpc) is 3.50. The fourth-order valence-corrected chi connectivity index (χ4v) is 5.43. The van der Waals surface area contributed by atoms with Crippen LogP contribution in [-0.4, -0.2) is 62.7 Å². The fourth-order valence-electron chi connectivity index (χ4n) is 5.43. The van der Waals surface area contributed by atoms with Gasteiger partial charge in [-0.2, -0.15) is 5.10 Å². The lowest BCUT2D eigenvalue weighted by Crippen LogP contribution is -2.51. The molecule has 3 aliphatic rings. The molecule has 0 radical (unpaired) electrons. The van der Waals surface area contributed by atoms with E-state index in [2.05, 4.69) is 25.5 Å². The van der Waals surface area contributed by atoms with E-state index in [1.54, 1.807) is 12.3 Å². The number of likely N-dealkylation sites (tertiary alicyclic amines) is 1. The van der Waals surface area contributed by atoms with E-state index in [4.69, 9.17) is 9.47 Å². The van der Waals surface area contributed by atoms with Gasteiger partial charge in [-0.25, -0.2) is 9.37 Å². The molecular formula is C26H27FN6O4. The third-order valence-corrected chi connectivity index (χ3v) is 7.58. The average molecular weight is 507 g/mol. The molecule has 6 rings (SSSR count). The molecule has 2 N–H and O–H groups in total. The summed E-state index contributed by atoms with van der Waals surface area (Å²) in [7, 11) is 1.45. The standard InChI is InChI=1S/C26H27FN6O4/c1-36-22-11-16(17(27)14-29-22)19-12-20(32-31-19)25(35)33-9-4-15(13-26(33)6-7-26)24(34)30-18-5-10-37-21-3-2-8-28-23(18)21/h2-3,8,11-12,14-15,18H,4-7,9-10,13H2,1H3,(H,30,34)(H,31,32). The summed E-state index contributed by atoms with van der Waals surface area (Å²) in [5.41, 5.74) is 1.20. The van der Waals surface area contributed by atoms with Crippen LogP contribution in [0.2, 0.25) is 0 Å². The van der Waals surface area contributed by atoms with Crippen molar-refractivity contribution in [2.45, 2.75) is 43.7 Å². The van der Waals surface area contributed by atoms with Crippen LogP contribution in [-0.2, 0) is 4.79 Å². The molecule has 2 amide bonds. The van der Waals surface area contributed by atoms with Crippen LogP contribution < -0.4 is 14.8 Å². The van der Waals surface area contributed by atoms with Crippen molar-refractivity contribution in [2.24, 2.45) is 5.92 Å². The van der Waals surface area contributed by atoms with Crippen LogP contribution in [0, 0.1) is 11.7 Å². The van der Waals surface area contributed by atoms with Crippen LogP contribution in [0.4, 0.5) is 4.39 Å². The highest BCUT2D eigenvalue weighted by atomic mass is 19.1. The normalized spacial score (nSPS) is 21.6. The van der Waals surface area contributed by atoms with E-state index in [-0.39, 0.29) is 46.5 Å². The Morgan fingerprint density at radius 3 is 2.95 bits per heavy atom. The van der Waals surface area contributed by atoms with E-state index in [0.717, 1.165) is 24.7 Å². The maximum absolute atomic E-state index is 14.3. The Labute approximate surface area is 212 Å². The monoisotopic (exact) mass is 506 g/mol. The van der Waals surface area contributed by atoms with Crippen LogP contribution in [0.3, 0.4) is 0 Å². The van der Waals surface area contributed by atoms with E-state index in [0.29, 0.717) is 43.9 Å². The molecule has 11 heteroatoms. The molecular weight excluding hydrogens is 479 g/mol. The Kier molecular flexibility index (Phi) is 5.77. The number of H-pyrrole nitrogens is 1. The van der Waals surface area contributed by atoms with Gasteiger partial charge in [-0.3, -0.25) is 19.7 Å². The fraction of sp³-hybridized carbons (Fsp3) is 0.423. The maximum atomic E-state index is 14.3. The highest BCUT2D eigenvalue weighted by molar-refractivity contribution is 5.94. The Morgan fingerprint density at radius 1 is 1.27 bits per heavy atom. The quantitative estimate of drug-likeness (QED) is 0.545. The Balaban J connectivity index is 1.14. The van der Waals surface area contributed by atoms with E-state index in [1.807, 2.05) is 17.0 Å². The molecule has 2 unspecified atom stereocenters. The van der Waals surface area contributed by atoms with Gasteiger partial charge < -0.3 is 19.7 Å². The highest BCUT2D eigenvalue weighted by Crippen LogP contribution is 2.50. The van der Waals surface area contributed by atoms with Gasteiger partial charge in [-0.15, -0.1) is 0 Å². The second-order valence-corrected chi connectivity index (χ2v) is 9.83. The number of methoxy groups -OCH3 is 1. The zero-order valence-corrected chi connectivity index (χ0v) is 20.4. The van der Waals surface area contributed by atoms with Gasteiger partial charge in [0, 0.05) is 42.2 Å². The number of carbonyl (C=O) groups is 2. The molecule has 1 saturated carbocycles. The summed E-state index contributed by atoms with van der Waals surface area (Å²) in [6.07, 6.45) is 6.31. The molecule has 192 valence electrons. The van der Waals surface area contributed by atoms with Crippen LogP contribution in [0.1, 0.15) is 54.3 Å². The van der Waals surface area contributed by atoms with Crippen LogP contribution >= 0.6 is 0 Å². The van der Waals surface area contributed by atoms with E-state index < -0.39 is 5.82 Å². The van der Waals surface area contributed by atoms with E-state index in [1.165, 1.54) is 13.2 Å². The van der Waals surface area contributed by atoms with Crippen molar-refractivity contribution in [3.63, 3.8) is 0 Å². The molecule has 0 aromatic carbocycles. The van der Waals surface area contributed by atoms with Gasteiger partial charge in [0.05, 0.1) is 31.6 Å². The number of fused-ring (bicyclic) bond motifs is 1. The molecule has 3 aromatic rings. The molecule has 3 aromatic heterocycles. The summed E-state index contributed by atoms with van der Waals surface area (Å²) in [5.74, 6) is 0.0232. The van der Waals surface area contributed by atoms with Crippen molar-refractivity contribution in [1.82, 2.24) is 30.4 Å². The van der Waals surface area contributed by atoms with Gasteiger partial charge in [0.2, 0.25) is 11.8 Å². The summed E-state index contributed by atoms with van der Waals surface area (Å²) in [5, 5.41) is 10.1. The predicted octanol–water partition coefficient (Wildman–Crippen LogP) is 3.04. The SMILES string of the molecule is COc1cc(-c2cc(C(=O)N3CCC(C(=O)NC4CCOc5cccnc54)CC34CC4)[nH]n2)c(F)cn1. The number of hydrogen-bond donors (Lipinski definition) is 2. The van der Waals surface area contributed by atoms with E-state index in [9.17, 15) is 14.0 Å². The molecule has 1 saturated heterocycles. The minimum atomic E-state index is -0.556. The van der Waals surface area contributed by atoms with Gasteiger partial charge in [-0.05, 0) is 43.9 Å². The summed E-state index contributed by atoms with van der Waals surface area (Å²) in [4.78, 5) is 36.8. The second kappa shape index (κ2) is 9.13. The summed E-state index contributed by atoms with van der Waals surface area (Å²) in [6, 6.07) is 6.50. The number of nitrogens with one attached hydrogen (secondary N) is 2. The lowest BCUT2D eigenvalue weighted by molar-refractivity contribution is -0.128. The number of ether oxygens (including phenoxy) is 2. The second-order valence-electron chi connectivity index (χ2n) is 9.83. The summed E-state index contributed by atoms with van der Waals surface area (Å²) in [6.45, 7) is 0.994. The lowest BCUT2D eigenvalue weighted by Gasteiger charge is -2.40. The molecule has 2 aliphatic heterocycles. The van der Waals surface area contributed by atoms with Gasteiger partial charge in [-0.1, -0.05) is 0 Å². The zero-order valence-electron chi connectivity index (χ0n) is 20.4. The number of aromatic nitrogens is 4. The first-order valence-electron chi connectivity index (χ1n) is 12.4. The number of hydrogen-bond acceptors (Lipinski definition) is 7. The van der Waals surface area contributed by atoms with Crippen LogP contribution in [0.15, 0.2) is 36.7 Å². The number of halogens is 1. The molecule has 2 atom stereocenters. The van der Waals surface area contributed by atoms with Crippen molar-refractivity contribution < 1.29 is 23.5 Å². The van der Waals surface area contributed by atoms with Gasteiger partial charge in [0.25, 0.3) is 5.91 Å². The summed E-state index contributed by atoms with van der Waals surface area (Å²) < 4.78 is 25.1. The number of rotatable bonds is 5.